The Morgan fingerprint density at radius 1 is 1.29 bits per heavy atom. The van der Waals surface area contributed by atoms with Crippen molar-refractivity contribution < 1.29 is 4.74 Å². The number of nitrogens with zero attached hydrogens (tertiary/aromatic N) is 3. The molecule has 1 saturated heterocycles. The zero-order valence-electron chi connectivity index (χ0n) is 10.1. The Balaban J connectivity index is 1.67. The van der Waals surface area contributed by atoms with Gasteiger partial charge < -0.3 is 10.5 Å². The minimum absolute atomic E-state index is 0.266. The second kappa shape index (κ2) is 4.74. The average molecular weight is 236 g/mol. The molecular formula is C12H20N4O. The number of fused-ring (bicyclic) bond motifs is 1. The van der Waals surface area contributed by atoms with Crippen molar-refractivity contribution in [1.82, 2.24) is 14.8 Å². The van der Waals surface area contributed by atoms with E-state index in [9.17, 15) is 0 Å². The molecule has 0 aromatic carbocycles. The predicted octanol–water partition coefficient (Wildman–Crippen LogP) is 0.521. The number of hydrogen-bond acceptors (Lipinski definition) is 4. The standard InChI is InChI=1S/C12H20N4O/c13-10-1-4-16-12(8-10)14-11(15-16)7-9-2-5-17-6-3-9/h9-10H,1-8,13H2. The minimum atomic E-state index is 0.266. The van der Waals surface area contributed by atoms with Crippen LogP contribution in [-0.2, 0) is 24.1 Å². The van der Waals surface area contributed by atoms with Gasteiger partial charge in [-0.1, -0.05) is 0 Å². The smallest absolute Gasteiger partial charge is 0.151 e. The quantitative estimate of drug-likeness (QED) is 0.813. The zero-order valence-corrected chi connectivity index (χ0v) is 10.1. The lowest BCUT2D eigenvalue weighted by Gasteiger charge is -2.20. The normalized spacial score (nSPS) is 25.8. The van der Waals surface area contributed by atoms with Gasteiger partial charge in [0.1, 0.15) is 5.82 Å². The van der Waals surface area contributed by atoms with Gasteiger partial charge in [0, 0.05) is 38.6 Å². The summed E-state index contributed by atoms with van der Waals surface area (Å²) in [6.07, 6.45) is 5.18. The summed E-state index contributed by atoms with van der Waals surface area (Å²) in [7, 11) is 0. The molecule has 3 rings (SSSR count). The summed E-state index contributed by atoms with van der Waals surface area (Å²) < 4.78 is 7.41. The molecule has 2 aliphatic rings. The maximum atomic E-state index is 5.95. The minimum Gasteiger partial charge on any atom is -0.381 e. The van der Waals surface area contributed by atoms with Crippen LogP contribution in [0.2, 0.25) is 0 Å². The summed E-state index contributed by atoms with van der Waals surface area (Å²) in [5.74, 6) is 2.77. The molecule has 2 N–H and O–H groups in total. The third-order valence-corrected chi connectivity index (χ3v) is 3.76. The third kappa shape index (κ3) is 2.50. The SMILES string of the molecule is NC1CCn2nc(CC3CCOCC3)nc2C1. The Morgan fingerprint density at radius 3 is 2.94 bits per heavy atom. The molecule has 1 fully saturated rings. The lowest BCUT2D eigenvalue weighted by atomic mass is 9.96. The number of aromatic nitrogens is 3. The van der Waals surface area contributed by atoms with Crippen molar-refractivity contribution >= 4 is 0 Å². The molecule has 1 atom stereocenters. The summed E-state index contributed by atoms with van der Waals surface area (Å²) in [6, 6.07) is 0.266. The van der Waals surface area contributed by atoms with Crippen LogP contribution in [0.5, 0.6) is 0 Å². The van der Waals surface area contributed by atoms with Gasteiger partial charge in [-0.15, -0.1) is 0 Å². The van der Waals surface area contributed by atoms with E-state index < -0.39 is 0 Å². The highest BCUT2D eigenvalue weighted by atomic mass is 16.5. The molecule has 94 valence electrons. The molecule has 1 aromatic heterocycles. The van der Waals surface area contributed by atoms with Crippen LogP contribution < -0.4 is 5.73 Å². The molecule has 0 aliphatic carbocycles. The van der Waals surface area contributed by atoms with E-state index in [0.717, 1.165) is 63.5 Å². The van der Waals surface area contributed by atoms with Gasteiger partial charge in [-0.2, -0.15) is 5.10 Å². The maximum absolute atomic E-state index is 5.95. The second-order valence-corrected chi connectivity index (χ2v) is 5.18. The molecule has 0 saturated carbocycles. The molecule has 0 radical (unpaired) electrons. The Bertz CT molecular complexity index is 384. The molecule has 1 unspecified atom stereocenters. The van der Waals surface area contributed by atoms with E-state index in [2.05, 4.69) is 10.1 Å². The van der Waals surface area contributed by atoms with Gasteiger partial charge >= 0.3 is 0 Å². The van der Waals surface area contributed by atoms with Gasteiger partial charge in [0.25, 0.3) is 0 Å². The molecule has 0 bridgehead atoms. The van der Waals surface area contributed by atoms with E-state index in [-0.39, 0.29) is 6.04 Å². The first-order valence-corrected chi connectivity index (χ1v) is 6.57. The van der Waals surface area contributed by atoms with Crippen LogP contribution in [0, 0.1) is 5.92 Å². The summed E-state index contributed by atoms with van der Waals surface area (Å²) in [4.78, 5) is 4.63. The third-order valence-electron chi connectivity index (χ3n) is 3.76. The van der Waals surface area contributed by atoms with E-state index in [4.69, 9.17) is 10.5 Å². The lowest BCUT2D eigenvalue weighted by molar-refractivity contribution is 0.0659. The molecular weight excluding hydrogens is 216 g/mol. The van der Waals surface area contributed by atoms with Crippen molar-refractivity contribution in [3.05, 3.63) is 11.6 Å². The van der Waals surface area contributed by atoms with Crippen LogP contribution >= 0.6 is 0 Å². The van der Waals surface area contributed by atoms with Gasteiger partial charge in [-0.05, 0) is 25.2 Å². The topological polar surface area (TPSA) is 66.0 Å². The van der Waals surface area contributed by atoms with E-state index in [1.165, 1.54) is 0 Å². The number of hydrogen-bond donors (Lipinski definition) is 1. The summed E-state index contributed by atoms with van der Waals surface area (Å²) in [5, 5.41) is 4.59. The molecule has 3 heterocycles. The van der Waals surface area contributed by atoms with Gasteiger partial charge in [0.05, 0.1) is 0 Å². The molecule has 5 heteroatoms. The van der Waals surface area contributed by atoms with Crippen LogP contribution in [-0.4, -0.2) is 34.0 Å². The molecule has 2 aliphatic heterocycles. The number of rotatable bonds is 2. The first-order valence-electron chi connectivity index (χ1n) is 6.57. The van der Waals surface area contributed by atoms with Crippen molar-refractivity contribution in [2.75, 3.05) is 13.2 Å². The van der Waals surface area contributed by atoms with E-state index >= 15 is 0 Å². The van der Waals surface area contributed by atoms with Crippen LogP contribution in [0.25, 0.3) is 0 Å². The van der Waals surface area contributed by atoms with Crippen molar-refractivity contribution in [3.63, 3.8) is 0 Å². The Morgan fingerprint density at radius 2 is 2.12 bits per heavy atom. The van der Waals surface area contributed by atoms with Crippen molar-refractivity contribution in [2.24, 2.45) is 11.7 Å². The molecule has 1 aromatic rings. The largest absolute Gasteiger partial charge is 0.381 e. The summed E-state index contributed by atoms with van der Waals surface area (Å²) in [6.45, 7) is 2.71. The molecule has 5 nitrogen and oxygen atoms in total. The zero-order chi connectivity index (χ0) is 11.7. The Hall–Kier alpha value is -0.940. The second-order valence-electron chi connectivity index (χ2n) is 5.18. The lowest BCUT2D eigenvalue weighted by Crippen LogP contribution is -2.31. The summed E-state index contributed by atoms with van der Waals surface area (Å²) >= 11 is 0. The number of ether oxygens (including phenoxy) is 1. The van der Waals surface area contributed by atoms with Crippen LogP contribution in [0.3, 0.4) is 0 Å². The highest BCUT2D eigenvalue weighted by Gasteiger charge is 2.21. The fraction of sp³-hybridized carbons (Fsp3) is 0.833. The number of nitrogens with two attached hydrogens (primary N) is 1. The first-order chi connectivity index (χ1) is 8.31. The van der Waals surface area contributed by atoms with Crippen LogP contribution in [0.1, 0.15) is 30.9 Å². The van der Waals surface area contributed by atoms with Crippen molar-refractivity contribution in [1.29, 1.82) is 0 Å². The van der Waals surface area contributed by atoms with E-state index in [1.54, 1.807) is 0 Å². The predicted molar refractivity (Wildman–Crippen MR) is 63.6 cm³/mol. The maximum Gasteiger partial charge on any atom is 0.151 e. The van der Waals surface area contributed by atoms with Gasteiger partial charge in [-0.3, -0.25) is 0 Å². The van der Waals surface area contributed by atoms with Gasteiger partial charge in [0.15, 0.2) is 5.82 Å². The number of aryl methyl sites for hydroxylation is 1. The molecule has 17 heavy (non-hydrogen) atoms. The highest BCUT2D eigenvalue weighted by molar-refractivity contribution is 4.99. The van der Waals surface area contributed by atoms with E-state index in [0.29, 0.717) is 5.92 Å². The van der Waals surface area contributed by atoms with Gasteiger partial charge in [-0.25, -0.2) is 9.67 Å². The van der Waals surface area contributed by atoms with Crippen molar-refractivity contribution in [2.45, 2.75) is 44.7 Å². The van der Waals surface area contributed by atoms with Crippen LogP contribution in [0.15, 0.2) is 0 Å². The molecule has 0 spiro atoms. The fourth-order valence-electron chi connectivity index (χ4n) is 2.68. The monoisotopic (exact) mass is 236 g/mol. The van der Waals surface area contributed by atoms with Crippen molar-refractivity contribution in [3.8, 4) is 0 Å². The Labute approximate surface area is 101 Å². The highest BCUT2D eigenvalue weighted by Crippen LogP contribution is 2.20. The van der Waals surface area contributed by atoms with E-state index in [1.807, 2.05) is 4.68 Å². The average Bonchev–Trinajstić information content (AvgIpc) is 2.71. The first kappa shape index (κ1) is 11.2. The molecule has 0 amide bonds. The Kier molecular flexibility index (Phi) is 3.11. The summed E-state index contributed by atoms with van der Waals surface area (Å²) in [5.41, 5.74) is 5.95. The van der Waals surface area contributed by atoms with Gasteiger partial charge in [0.2, 0.25) is 0 Å². The fourth-order valence-corrected chi connectivity index (χ4v) is 2.68. The van der Waals surface area contributed by atoms with Crippen LogP contribution in [0.4, 0.5) is 0 Å².